The molecule has 0 radical (unpaired) electrons. The van der Waals surface area contributed by atoms with Crippen LogP contribution >= 0.6 is 22.6 Å². The van der Waals surface area contributed by atoms with Crippen molar-refractivity contribution in [1.82, 2.24) is 0 Å². The first kappa shape index (κ1) is 13.8. The van der Waals surface area contributed by atoms with E-state index in [1.165, 1.54) is 25.7 Å². The van der Waals surface area contributed by atoms with Gasteiger partial charge in [-0.15, -0.1) is 0 Å². The van der Waals surface area contributed by atoms with Gasteiger partial charge in [-0.25, -0.2) is 0 Å². The Kier molecular flexibility index (Phi) is 5.30. The summed E-state index contributed by atoms with van der Waals surface area (Å²) in [5.74, 6) is 2.70. The molecule has 2 aliphatic carbocycles. The summed E-state index contributed by atoms with van der Waals surface area (Å²) in [5, 5.41) is 0. The Morgan fingerprint density at radius 3 is 2.41 bits per heavy atom. The summed E-state index contributed by atoms with van der Waals surface area (Å²) >= 11 is 2.28. The van der Waals surface area contributed by atoms with Crippen molar-refractivity contribution in [2.75, 3.05) is 6.61 Å². The maximum Gasteiger partial charge on any atom is 0.155 e. The second-order valence-corrected chi connectivity index (χ2v) is 5.99. The van der Waals surface area contributed by atoms with Crippen molar-refractivity contribution < 1.29 is 9.47 Å². The van der Waals surface area contributed by atoms with E-state index in [0.29, 0.717) is 5.92 Å². The fourth-order valence-corrected chi connectivity index (χ4v) is 3.69. The maximum atomic E-state index is 6.03. The predicted octanol–water partition coefficient (Wildman–Crippen LogP) is 4.14. The molecular weight excluding hydrogens is 327 g/mol. The quantitative estimate of drug-likeness (QED) is 0.530. The van der Waals surface area contributed by atoms with E-state index >= 15 is 0 Å². The Hall–Kier alpha value is 0.390. The summed E-state index contributed by atoms with van der Waals surface area (Å²) in [6.45, 7) is 4.73. The topological polar surface area (TPSA) is 18.5 Å². The molecule has 2 fully saturated rings. The first-order valence-corrected chi connectivity index (χ1v) is 8.03. The van der Waals surface area contributed by atoms with Crippen molar-refractivity contribution in [2.45, 2.75) is 51.9 Å². The minimum absolute atomic E-state index is 0.0872. The van der Waals surface area contributed by atoms with Gasteiger partial charge in [-0.2, -0.15) is 0 Å². The molecule has 0 aliphatic heterocycles. The van der Waals surface area contributed by atoms with Gasteiger partial charge in [0.1, 0.15) is 0 Å². The number of ether oxygens (including phenoxy) is 2. The van der Waals surface area contributed by atoms with Crippen LogP contribution in [0.25, 0.3) is 0 Å². The van der Waals surface area contributed by atoms with Crippen LogP contribution in [0.5, 0.6) is 0 Å². The third kappa shape index (κ3) is 3.44. The molecule has 0 spiro atoms. The van der Waals surface area contributed by atoms with Crippen LogP contribution in [0.15, 0.2) is 10.2 Å². The van der Waals surface area contributed by atoms with E-state index in [-0.39, 0.29) is 12.4 Å². The number of rotatable bonds is 6. The van der Waals surface area contributed by atoms with Crippen LogP contribution in [0.4, 0.5) is 0 Å². The van der Waals surface area contributed by atoms with Crippen LogP contribution in [0, 0.1) is 17.8 Å². The highest BCUT2D eigenvalue weighted by Crippen LogP contribution is 2.51. The van der Waals surface area contributed by atoms with Gasteiger partial charge in [-0.3, -0.25) is 0 Å². The lowest BCUT2D eigenvalue weighted by Crippen LogP contribution is -2.26. The minimum Gasteiger partial charge on any atom is -0.353 e. The van der Waals surface area contributed by atoms with E-state index in [2.05, 4.69) is 32.7 Å². The van der Waals surface area contributed by atoms with E-state index in [1.807, 2.05) is 13.8 Å². The van der Waals surface area contributed by atoms with Gasteiger partial charge in [0.05, 0.1) is 6.10 Å². The van der Waals surface area contributed by atoms with Gasteiger partial charge in [-0.05, 0) is 67.4 Å². The number of fused-ring (bicyclic) bond motifs is 1. The highest BCUT2D eigenvalue weighted by molar-refractivity contribution is 14.1. The molecule has 2 aliphatic rings. The van der Waals surface area contributed by atoms with Crippen molar-refractivity contribution in [3.63, 3.8) is 0 Å². The van der Waals surface area contributed by atoms with Crippen molar-refractivity contribution in [1.29, 1.82) is 0 Å². The first-order chi connectivity index (χ1) is 8.24. The smallest absolute Gasteiger partial charge is 0.155 e. The lowest BCUT2D eigenvalue weighted by atomic mass is 9.77. The molecule has 3 heteroatoms. The van der Waals surface area contributed by atoms with Crippen molar-refractivity contribution in [2.24, 2.45) is 17.8 Å². The third-order valence-electron chi connectivity index (χ3n) is 4.26. The molecule has 4 atom stereocenters. The van der Waals surface area contributed by atoms with E-state index in [9.17, 15) is 0 Å². The molecule has 2 rings (SSSR count). The van der Waals surface area contributed by atoms with Gasteiger partial charge in [0.2, 0.25) is 0 Å². The molecule has 0 aromatic carbocycles. The molecule has 0 saturated heterocycles. The van der Waals surface area contributed by atoms with Crippen molar-refractivity contribution in [3.05, 3.63) is 10.2 Å². The summed E-state index contributed by atoms with van der Waals surface area (Å²) in [6, 6.07) is 0. The van der Waals surface area contributed by atoms with Gasteiger partial charge in [0, 0.05) is 6.61 Å². The van der Waals surface area contributed by atoms with Crippen molar-refractivity contribution in [3.8, 4) is 0 Å². The zero-order valence-electron chi connectivity index (χ0n) is 10.8. The molecule has 0 heterocycles. The molecule has 0 aromatic rings. The molecule has 0 N–H and O–H groups in total. The summed E-state index contributed by atoms with van der Waals surface area (Å²) in [4.78, 5) is 0. The van der Waals surface area contributed by atoms with Crippen LogP contribution in [-0.4, -0.2) is 19.0 Å². The van der Waals surface area contributed by atoms with Gasteiger partial charge >= 0.3 is 0 Å². The standard InChI is InChI=1S/C14H23IO2/c1-3-16-10(2)17-14(6-7-15)13-8-11-4-5-12(11)9-13/h6-7,10-14H,3-5,8-9H2,1-2H3/b7-6+. The van der Waals surface area contributed by atoms with Gasteiger partial charge < -0.3 is 9.47 Å². The molecule has 2 saturated carbocycles. The SMILES string of the molecule is CCOC(C)OC(/C=C/I)C1CC2CCC2C1. The number of halogens is 1. The van der Waals surface area contributed by atoms with Gasteiger partial charge in [0.15, 0.2) is 6.29 Å². The zero-order chi connectivity index (χ0) is 12.3. The fraction of sp³-hybridized carbons (Fsp3) is 0.857. The zero-order valence-corrected chi connectivity index (χ0v) is 12.9. The van der Waals surface area contributed by atoms with Crippen LogP contribution in [0.1, 0.15) is 39.5 Å². The van der Waals surface area contributed by atoms with Crippen LogP contribution in [-0.2, 0) is 9.47 Å². The monoisotopic (exact) mass is 350 g/mol. The molecule has 0 amide bonds. The van der Waals surface area contributed by atoms with E-state index in [4.69, 9.17) is 9.47 Å². The Balaban J connectivity index is 1.87. The fourth-order valence-electron chi connectivity index (χ4n) is 3.28. The largest absolute Gasteiger partial charge is 0.353 e. The third-order valence-corrected chi connectivity index (χ3v) is 4.68. The second-order valence-electron chi connectivity index (χ2n) is 5.27. The van der Waals surface area contributed by atoms with Crippen LogP contribution in [0.2, 0.25) is 0 Å². The van der Waals surface area contributed by atoms with Gasteiger partial charge in [-0.1, -0.05) is 22.6 Å². The first-order valence-electron chi connectivity index (χ1n) is 6.78. The van der Waals surface area contributed by atoms with Crippen LogP contribution < -0.4 is 0 Å². The normalized spacial score (nSPS) is 35.6. The Morgan fingerprint density at radius 1 is 1.29 bits per heavy atom. The van der Waals surface area contributed by atoms with E-state index in [0.717, 1.165) is 18.4 Å². The highest BCUT2D eigenvalue weighted by atomic mass is 127. The average molecular weight is 350 g/mol. The molecule has 98 valence electrons. The number of hydrogen-bond donors (Lipinski definition) is 0. The summed E-state index contributed by atoms with van der Waals surface area (Å²) in [7, 11) is 0. The highest BCUT2D eigenvalue weighted by Gasteiger charge is 2.42. The Bertz CT molecular complexity index is 255. The summed E-state index contributed by atoms with van der Waals surface area (Å²) < 4.78 is 13.6. The molecule has 2 nitrogen and oxygen atoms in total. The van der Waals surface area contributed by atoms with Crippen molar-refractivity contribution >= 4 is 22.6 Å². The van der Waals surface area contributed by atoms with E-state index < -0.39 is 0 Å². The Morgan fingerprint density at radius 2 is 1.94 bits per heavy atom. The maximum absolute atomic E-state index is 6.03. The van der Waals surface area contributed by atoms with Crippen LogP contribution in [0.3, 0.4) is 0 Å². The van der Waals surface area contributed by atoms with E-state index in [1.54, 1.807) is 0 Å². The Labute approximate surface area is 118 Å². The molecular formula is C14H23IO2. The molecule has 0 bridgehead atoms. The molecule has 0 aromatic heterocycles. The predicted molar refractivity (Wildman–Crippen MR) is 78.1 cm³/mol. The lowest BCUT2D eigenvalue weighted by Gasteiger charge is -2.29. The summed E-state index contributed by atoms with van der Waals surface area (Å²) in [5.41, 5.74) is 0. The number of hydrogen-bond acceptors (Lipinski definition) is 2. The molecule has 17 heavy (non-hydrogen) atoms. The second kappa shape index (κ2) is 6.53. The van der Waals surface area contributed by atoms with Gasteiger partial charge in [0.25, 0.3) is 0 Å². The minimum atomic E-state index is -0.0872. The molecule has 4 unspecified atom stereocenters. The average Bonchev–Trinajstić information content (AvgIpc) is 2.55. The summed E-state index contributed by atoms with van der Waals surface area (Å²) in [6.07, 6.45) is 7.97. The lowest BCUT2D eigenvalue weighted by molar-refractivity contribution is -0.156.